The number of nitrogens with one attached hydrogen (secondary N) is 3. The summed E-state index contributed by atoms with van der Waals surface area (Å²) in [6.07, 6.45) is 1.99. The number of nitrogens with zero attached hydrogens (tertiary/aromatic N) is 1. The lowest BCUT2D eigenvalue weighted by molar-refractivity contribution is -0.143. The molecule has 1 saturated heterocycles. The van der Waals surface area contributed by atoms with Crippen molar-refractivity contribution in [2.75, 3.05) is 13.1 Å². The molecule has 1 aliphatic rings. The molecule has 0 spiro atoms. The Balaban J connectivity index is 3.02. The van der Waals surface area contributed by atoms with Gasteiger partial charge in [0.1, 0.15) is 24.2 Å². The van der Waals surface area contributed by atoms with Gasteiger partial charge < -0.3 is 43.2 Å². The van der Waals surface area contributed by atoms with Gasteiger partial charge in [-0.3, -0.25) is 28.8 Å². The van der Waals surface area contributed by atoms with Crippen LogP contribution in [0.5, 0.6) is 0 Å². The van der Waals surface area contributed by atoms with Crippen LogP contribution in [0.15, 0.2) is 0 Å². The summed E-state index contributed by atoms with van der Waals surface area (Å²) in [6.45, 7) is 5.65. The summed E-state index contributed by atoms with van der Waals surface area (Å²) >= 11 is 0. The first-order chi connectivity index (χ1) is 17.8. The van der Waals surface area contributed by atoms with Gasteiger partial charge >= 0.3 is 5.97 Å². The molecular formula is C24H43N7O7. The number of carbonyl (C=O) groups excluding carboxylic acids is 5. The zero-order chi connectivity index (χ0) is 29.0. The van der Waals surface area contributed by atoms with Crippen molar-refractivity contribution in [3.63, 3.8) is 0 Å². The molecule has 0 saturated carbocycles. The quantitative estimate of drug-likeness (QED) is 0.106. The van der Waals surface area contributed by atoms with Gasteiger partial charge in [0.15, 0.2) is 0 Å². The first-order valence-corrected chi connectivity index (χ1v) is 13.0. The third kappa shape index (κ3) is 10.6. The molecule has 0 bridgehead atoms. The predicted octanol–water partition coefficient (Wildman–Crippen LogP) is -2.09. The van der Waals surface area contributed by atoms with Gasteiger partial charge in [-0.1, -0.05) is 13.8 Å². The summed E-state index contributed by atoms with van der Waals surface area (Å²) in [5.41, 5.74) is 16.7. The highest BCUT2D eigenvalue weighted by Gasteiger charge is 2.39. The monoisotopic (exact) mass is 541 g/mol. The molecule has 0 unspecified atom stereocenters. The largest absolute Gasteiger partial charge is 0.480 e. The average molecular weight is 542 g/mol. The van der Waals surface area contributed by atoms with Crippen molar-refractivity contribution >= 4 is 35.5 Å². The molecule has 38 heavy (non-hydrogen) atoms. The minimum Gasteiger partial charge on any atom is -0.480 e. The SMILES string of the molecule is CC(C)C[C@H](N)C(=O)N[C@@H](CC(N)=O)C(=O)N1CCC[C@H]1C(=O)N[C@@H](CCCCN)C(=O)N[C@@H](C)C(=O)O. The molecular weight excluding hydrogens is 498 g/mol. The van der Waals surface area contributed by atoms with Gasteiger partial charge in [0.2, 0.25) is 29.5 Å². The van der Waals surface area contributed by atoms with Crippen LogP contribution in [-0.4, -0.2) is 88.8 Å². The van der Waals surface area contributed by atoms with Crippen LogP contribution in [-0.2, 0) is 28.8 Å². The summed E-state index contributed by atoms with van der Waals surface area (Å²) in [4.78, 5) is 75.9. The van der Waals surface area contributed by atoms with E-state index in [1.165, 1.54) is 11.8 Å². The zero-order valence-electron chi connectivity index (χ0n) is 22.4. The minimum atomic E-state index is -1.30. The second kappa shape index (κ2) is 15.9. The van der Waals surface area contributed by atoms with Gasteiger partial charge in [0, 0.05) is 6.54 Å². The summed E-state index contributed by atoms with van der Waals surface area (Å²) in [5.74, 6) is -4.45. The van der Waals surface area contributed by atoms with Crippen molar-refractivity contribution < 1.29 is 33.9 Å². The summed E-state index contributed by atoms with van der Waals surface area (Å²) in [5, 5.41) is 16.6. The van der Waals surface area contributed by atoms with E-state index >= 15 is 0 Å². The molecule has 1 rings (SSSR count). The molecule has 0 aliphatic carbocycles. The average Bonchev–Trinajstić information content (AvgIpc) is 3.31. The maximum absolute atomic E-state index is 13.4. The van der Waals surface area contributed by atoms with Gasteiger partial charge in [-0.05, 0) is 57.9 Å². The highest BCUT2D eigenvalue weighted by Crippen LogP contribution is 2.20. The van der Waals surface area contributed by atoms with Gasteiger partial charge in [0.25, 0.3) is 0 Å². The standard InChI is InChI=1S/C24H43N7O7/c1-13(2)11-15(26)20(33)30-17(12-19(27)32)23(36)31-10-6-8-18(31)22(35)29-16(7-4-5-9-25)21(34)28-14(3)24(37)38/h13-18H,4-12,25-26H2,1-3H3,(H2,27,32)(H,28,34)(H,29,35)(H,30,33)(H,37,38)/t14-,15-,16-,17-,18-/m0/s1. The van der Waals surface area contributed by atoms with Crippen LogP contribution in [0.3, 0.4) is 0 Å². The Bertz CT molecular complexity index is 867. The normalized spacial score (nSPS) is 18.3. The Morgan fingerprint density at radius 1 is 0.974 bits per heavy atom. The molecule has 5 atom stereocenters. The highest BCUT2D eigenvalue weighted by atomic mass is 16.4. The second-order valence-corrected chi connectivity index (χ2v) is 10.1. The Morgan fingerprint density at radius 3 is 2.18 bits per heavy atom. The number of amides is 5. The molecule has 0 radical (unpaired) electrons. The second-order valence-electron chi connectivity index (χ2n) is 10.1. The van der Waals surface area contributed by atoms with E-state index in [1.54, 1.807) is 0 Å². The molecule has 14 heteroatoms. The summed E-state index contributed by atoms with van der Waals surface area (Å²) in [7, 11) is 0. The smallest absolute Gasteiger partial charge is 0.325 e. The number of rotatable bonds is 16. The molecule has 14 nitrogen and oxygen atoms in total. The van der Waals surface area contributed by atoms with E-state index < -0.39 is 72.1 Å². The minimum absolute atomic E-state index is 0.126. The van der Waals surface area contributed by atoms with E-state index in [4.69, 9.17) is 22.3 Å². The van der Waals surface area contributed by atoms with E-state index in [-0.39, 0.29) is 18.9 Å². The molecule has 1 fully saturated rings. The van der Waals surface area contributed by atoms with Gasteiger partial charge in [-0.2, -0.15) is 0 Å². The number of hydrogen-bond acceptors (Lipinski definition) is 8. The third-order valence-electron chi connectivity index (χ3n) is 6.23. The number of unbranched alkanes of at least 4 members (excludes halogenated alkanes) is 1. The van der Waals surface area contributed by atoms with Crippen LogP contribution in [0.1, 0.15) is 65.7 Å². The van der Waals surface area contributed by atoms with Crippen LogP contribution in [0.2, 0.25) is 0 Å². The number of hydrogen-bond donors (Lipinski definition) is 7. The van der Waals surface area contributed by atoms with Crippen LogP contribution in [0.4, 0.5) is 0 Å². The lowest BCUT2D eigenvalue weighted by Crippen LogP contribution is -2.58. The van der Waals surface area contributed by atoms with Crippen LogP contribution in [0.25, 0.3) is 0 Å². The number of carbonyl (C=O) groups is 6. The Morgan fingerprint density at radius 2 is 1.63 bits per heavy atom. The number of carboxylic acid groups (broad SMARTS) is 1. The number of primary amides is 1. The van der Waals surface area contributed by atoms with E-state index in [1.807, 2.05) is 13.8 Å². The first-order valence-electron chi connectivity index (χ1n) is 13.0. The Labute approximate surface area is 222 Å². The maximum atomic E-state index is 13.4. The van der Waals surface area contributed by atoms with E-state index in [0.29, 0.717) is 38.6 Å². The van der Waals surface area contributed by atoms with Crippen LogP contribution >= 0.6 is 0 Å². The third-order valence-corrected chi connectivity index (χ3v) is 6.23. The number of carboxylic acids is 1. The fraction of sp³-hybridized carbons (Fsp3) is 0.750. The van der Waals surface area contributed by atoms with E-state index in [2.05, 4.69) is 16.0 Å². The molecule has 1 aliphatic heterocycles. The van der Waals surface area contributed by atoms with Crippen molar-refractivity contribution in [1.82, 2.24) is 20.9 Å². The number of aliphatic carboxylic acids is 1. The Kier molecular flexibility index (Phi) is 13.7. The molecule has 0 aromatic rings. The van der Waals surface area contributed by atoms with Crippen molar-refractivity contribution in [3.05, 3.63) is 0 Å². The first kappa shape index (κ1) is 32.8. The topological polar surface area (TPSA) is 240 Å². The van der Waals surface area contributed by atoms with E-state index in [9.17, 15) is 28.8 Å². The fourth-order valence-electron chi connectivity index (χ4n) is 4.20. The lowest BCUT2D eigenvalue weighted by atomic mass is 10.0. The molecule has 1 heterocycles. The molecule has 0 aromatic carbocycles. The van der Waals surface area contributed by atoms with Crippen LogP contribution < -0.4 is 33.2 Å². The van der Waals surface area contributed by atoms with Gasteiger partial charge in [-0.25, -0.2) is 0 Å². The van der Waals surface area contributed by atoms with Gasteiger partial charge in [-0.15, -0.1) is 0 Å². The molecule has 0 aromatic heterocycles. The molecule has 216 valence electrons. The van der Waals surface area contributed by atoms with Gasteiger partial charge in [0.05, 0.1) is 12.5 Å². The lowest BCUT2D eigenvalue weighted by Gasteiger charge is -2.30. The van der Waals surface area contributed by atoms with Crippen molar-refractivity contribution in [2.45, 2.75) is 95.9 Å². The molecule has 5 amide bonds. The molecule has 10 N–H and O–H groups in total. The van der Waals surface area contributed by atoms with Crippen molar-refractivity contribution in [1.29, 1.82) is 0 Å². The zero-order valence-corrected chi connectivity index (χ0v) is 22.4. The van der Waals surface area contributed by atoms with E-state index in [0.717, 1.165) is 0 Å². The number of likely N-dealkylation sites (tertiary alicyclic amines) is 1. The van der Waals surface area contributed by atoms with Crippen molar-refractivity contribution in [2.24, 2.45) is 23.1 Å². The summed E-state index contributed by atoms with van der Waals surface area (Å²) in [6, 6.07) is -5.35. The predicted molar refractivity (Wildman–Crippen MR) is 138 cm³/mol. The summed E-state index contributed by atoms with van der Waals surface area (Å²) < 4.78 is 0. The Hall–Kier alpha value is -3.26. The number of nitrogens with two attached hydrogens (primary N) is 3. The maximum Gasteiger partial charge on any atom is 0.325 e. The van der Waals surface area contributed by atoms with Crippen molar-refractivity contribution in [3.8, 4) is 0 Å². The van der Waals surface area contributed by atoms with Crippen LogP contribution in [0, 0.1) is 5.92 Å². The highest BCUT2D eigenvalue weighted by molar-refractivity contribution is 5.97. The fourth-order valence-corrected chi connectivity index (χ4v) is 4.20.